The van der Waals surface area contributed by atoms with Crippen LogP contribution in [0.4, 0.5) is 4.39 Å². The van der Waals surface area contributed by atoms with E-state index in [2.05, 4.69) is 0 Å². The quantitative estimate of drug-likeness (QED) is 0.859. The number of carbonyl (C=O) groups is 3. The first-order valence-corrected chi connectivity index (χ1v) is 7.97. The van der Waals surface area contributed by atoms with Gasteiger partial charge in [-0.05, 0) is 30.5 Å². The summed E-state index contributed by atoms with van der Waals surface area (Å²) in [6, 6.07) is 5.44. The number of piperazine rings is 1. The number of carbonyl (C=O) groups excluding carboxylic acids is 3. The van der Waals surface area contributed by atoms with Crippen LogP contribution in [0.3, 0.4) is 0 Å². The minimum Gasteiger partial charge on any atom is -0.368 e. The molecule has 1 aliphatic rings. The largest absolute Gasteiger partial charge is 0.368 e. The van der Waals surface area contributed by atoms with Gasteiger partial charge in [-0.1, -0.05) is 12.1 Å². The van der Waals surface area contributed by atoms with Crippen LogP contribution in [-0.4, -0.2) is 53.2 Å². The summed E-state index contributed by atoms with van der Waals surface area (Å²) in [5, 5.41) is 0. The van der Waals surface area contributed by atoms with Crippen molar-refractivity contribution in [2.75, 3.05) is 19.6 Å². The van der Waals surface area contributed by atoms with E-state index in [4.69, 9.17) is 5.73 Å². The molecule has 1 saturated heterocycles. The normalized spacial score (nSPS) is 17.7. The molecule has 0 aliphatic carbocycles. The number of aryl methyl sites for hydroxylation is 1. The Bertz CT molecular complexity index is 618. The van der Waals surface area contributed by atoms with Crippen LogP contribution < -0.4 is 5.73 Å². The predicted octanol–water partition coefficient (Wildman–Crippen LogP) is 0.693. The van der Waals surface area contributed by atoms with Crippen LogP contribution in [0.5, 0.6) is 0 Å². The first-order valence-electron chi connectivity index (χ1n) is 7.97. The van der Waals surface area contributed by atoms with Crippen LogP contribution in [0, 0.1) is 5.82 Å². The highest BCUT2D eigenvalue weighted by atomic mass is 19.1. The predicted molar refractivity (Wildman–Crippen MR) is 86.3 cm³/mol. The fourth-order valence-electron chi connectivity index (χ4n) is 2.88. The molecule has 24 heavy (non-hydrogen) atoms. The number of hydrogen-bond donors (Lipinski definition) is 1. The molecule has 0 spiro atoms. The summed E-state index contributed by atoms with van der Waals surface area (Å²) in [5.74, 6) is -1.17. The molecular weight excluding hydrogens is 313 g/mol. The molecular formula is C17H22FN3O3. The maximum atomic E-state index is 12.8. The van der Waals surface area contributed by atoms with E-state index >= 15 is 0 Å². The van der Waals surface area contributed by atoms with Gasteiger partial charge in [-0.3, -0.25) is 14.4 Å². The molecule has 2 N–H and O–H groups in total. The third-order valence-electron chi connectivity index (χ3n) is 4.24. The number of nitrogens with zero attached hydrogens (tertiary/aromatic N) is 2. The minimum absolute atomic E-state index is 0.0634. The van der Waals surface area contributed by atoms with E-state index in [0.29, 0.717) is 32.4 Å². The number of primary amides is 1. The van der Waals surface area contributed by atoms with E-state index in [1.165, 1.54) is 24.0 Å². The van der Waals surface area contributed by atoms with E-state index < -0.39 is 11.9 Å². The lowest BCUT2D eigenvalue weighted by molar-refractivity contribution is -0.146. The Hall–Kier alpha value is -2.44. The fraction of sp³-hybridized carbons (Fsp3) is 0.471. The third kappa shape index (κ3) is 4.53. The number of rotatable bonds is 5. The average Bonchev–Trinajstić information content (AvgIpc) is 2.55. The fourth-order valence-corrected chi connectivity index (χ4v) is 2.88. The lowest BCUT2D eigenvalue weighted by Gasteiger charge is -2.39. The molecule has 1 atom stereocenters. The van der Waals surface area contributed by atoms with Gasteiger partial charge in [0.1, 0.15) is 11.9 Å². The molecule has 0 unspecified atom stereocenters. The second-order valence-corrected chi connectivity index (χ2v) is 5.95. The van der Waals surface area contributed by atoms with Gasteiger partial charge in [0.15, 0.2) is 0 Å². The molecule has 0 saturated carbocycles. The van der Waals surface area contributed by atoms with Crippen LogP contribution in [-0.2, 0) is 20.8 Å². The topological polar surface area (TPSA) is 83.7 Å². The molecule has 1 aromatic carbocycles. The van der Waals surface area contributed by atoms with Crippen LogP contribution in [0.2, 0.25) is 0 Å². The first-order chi connectivity index (χ1) is 11.4. The second-order valence-electron chi connectivity index (χ2n) is 5.95. The Kier molecular flexibility index (Phi) is 5.89. The molecule has 130 valence electrons. The Morgan fingerprint density at radius 3 is 2.46 bits per heavy atom. The number of nitrogens with two attached hydrogens (primary N) is 1. The van der Waals surface area contributed by atoms with E-state index in [1.807, 2.05) is 0 Å². The highest BCUT2D eigenvalue weighted by Gasteiger charge is 2.34. The maximum absolute atomic E-state index is 12.8. The average molecular weight is 335 g/mol. The first kappa shape index (κ1) is 17.9. The highest BCUT2D eigenvalue weighted by molar-refractivity contribution is 5.87. The summed E-state index contributed by atoms with van der Waals surface area (Å²) < 4.78 is 12.8. The number of hydrogen-bond acceptors (Lipinski definition) is 3. The van der Waals surface area contributed by atoms with Gasteiger partial charge in [-0.15, -0.1) is 0 Å². The molecule has 7 heteroatoms. The van der Waals surface area contributed by atoms with E-state index in [9.17, 15) is 18.8 Å². The molecule has 0 radical (unpaired) electrons. The maximum Gasteiger partial charge on any atom is 0.242 e. The number of amides is 3. The van der Waals surface area contributed by atoms with Gasteiger partial charge >= 0.3 is 0 Å². The minimum atomic E-state index is -0.766. The van der Waals surface area contributed by atoms with Gasteiger partial charge in [-0.2, -0.15) is 0 Å². The zero-order valence-electron chi connectivity index (χ0n) is 13.7. The van der Waals surface area contributed by atoms with Gasteiger partial charge in [0.2, 0.25) is 17.7 Å². The Balaban J connectivity index is 1.85. The second kappa shape index (κ2) is 7.90. The smallest absolute Gasteiger partial charge is 0.242 e. The zero-order chi connectivity index (χ0) is 17.7. The van der Waals surface area contributed by atoms with Crippen LogP contribution >= 0.6 is 0 Å². The van der Waals surface area contributed by atoms with Crippen molar-refractivity contribution in [3.05, 3.63) is 35.6 Å². The van der Waals surface area contributed by atoms with Gasteiger partial charge in [0.05, 0.1) is 6.54 Å². The van der Waals surface area contributed by atoms with Crippen LogP contribution in [0.1, 0.15) is 25.3 Å². The van der Waals surface area contributed by atoms with E-state index in [0.717, 1.165) is 5.56 Å². The Labute approximate surface area is 140 Å². The lowest BCUT2D eigenvalue weighted by atomic mass is 10.1. The lowest BCUT2D eigenvalue weighted by Crippen LogP contribution is -2.60. The Morgan fingerprint density at radius 1 is 1.21 bits per heavy atom. The highest BCUT2D eigenvalue weighted by Crippen LogP contribution is 2.13. The number of halogens is 1. The van der Waals surface area contributed by atoms with Crippen molar-refractivity contribution in [3.8, 4) is 0 Å². The molecule has 1 aliphatic heterocycles. The van der Waals surface area contributed by atoms with Crippen molar-refractivity contribution in [3.63, 3.8) is 0 Å². The molecule has 6 nitrogen and oxygen atoms in total. The summed E-state index contributed by atoms with van der Waals surface area (Å²) in [4.78, 5) is 38.3. The summed E-state index contributed by atoms with van der Waals surface area (Å²) in [6.07, 6.45) is 1.65. The monoisotopic (exact) mass is 335 g/mol. The summed E-state index contributed by atoms with van der Waals surface area (Å²) in [7, 11) is 0. The van der Waals surface area contributed by atoms with E-state index in [-0.39, 0.29) is 24.2 Å². The standard InChI is InChI=1S/C17H22FN3O3/c1-12(22)21-10-9-20(11-15(21)17(19)24)16(23)4-2-3-13-5-7-14(18)8-6-13/h5-8,15H,2-4,9-11H2,1H3,(H2,19,24)/t15-/m1/s1. The molecule has 1 fully saturated rings. The zero-order valence-corrected chi connectivity index (χ0v) is 13.7. The van der Waals surface area contributed by atoms with Crippen LogP contribution in [0.15, 0.2) is 24.3 Å². The van der Waals surface area contributed by atoms with Crippen molar-refractivity contribution in [2.24, 2.45) is 5.73 Å². The molecule has 1 heterocycles. The molecule has 1 aromatic rings. The van der Waals surface area contributed by atoms with Crippen molar-refractivity contribution >= 4 is 17.7 Å². The molecule has 2 rings (SSSR count). The summed E-state index contributed by atoms with van der Waals surface area (Å²) in [5.41, 5.74) is 6.32. The SMILES string of the molecule is CC(=O)N1CCN(C(=O)CCCc2ccc(F)cc2)C[C@@H]1C(N)=O. The third-order valence-corrected chi connectivity index (χ3v) is 4.24. The van der Waals surface area contributed by atoms with Crippen molar-refractivity contribution in [1.29, 1.82) is 0 Å². The van der Waals surface area contributed by atoms with Crippen molar-refractivity contribution in [1.82, 2.24) is 9.80 Å². The van der Waals surface area contributed by atoms with Gasteiger partial charge in [0.25, 0.3) is 0 Å². The van der Waals surface area contributed by atoms with E-state index in [1.54, 1.807) is 17.0 Å². The molecule has 0 bridgehead atoms. The molecule has 3 amide bonds. The molecule has 0 aromatic heterocycles. The van der Waals surface area contributed by atoms with Gasteiger partial charge < -0.3 is 15.5 Å². The van der Waals surface area contributed by atoms with Gasteiger partial charge in [-0.25, -0.2) is 4.39 Å². The van der Waals surface area contributed by atoms with Crippen LogP contribution in [0.25, 0.3) is 0 Å². The summed E-state index contributed by atoms with van der Waals surface area (Å²) >= 11 is 0. The summed E-state index contributed by atoms with van der Waals surface area (Å²) in [6.45, 7) is 2.24. The van der Waals surface area contributed by atoms with Crippen molar-refractivity contribution in [2.45, 2.75) is 32.2 Å². The van der Waals surface area contributed by atoms with Gasteiger partial charge in [0, 0.05) is 26.4 Å². The Morgan fingerprint density at radius 2 is 1.88 bits per heavy atom. The van der Waals surface area contributed by atoms with Crippen molar-refractivity contribution < 1.29 is 18.8 Å². The number of benzene rings is 1.